The van der Waals surface area contributed by atoms with E-state index in [1.165, 1.54) is 12.1 Å². The molecule has 8 heteroatoms. The molecule has 2 aliphatic rings. The number of halogens is 4. The van der Waals surface area contributed by atoms with Crippen molar-refractivity contribution in [3.63, 3.8) is 0 Å². The molecule has 2 atom stereocenters. The molecule has 1 amide bonds. The number of amides is 1. The SMILES string of the molecule is CC(c1ccc(F)cc1F)N1CCN(C(=O)[C@H]2CCCCN2)CC1.Cl.Cl. The van der Waals surface area contributed by atoms with Gasteiger partial charge in [-0.1, -0.05) is 12.5 Å². The summed E-state index contributed by atoms with van der Waals surface area (Å²) in [5.41, 5.74) is 0.505. The number of carbonyl (C=O) groups excluding carboxylic acids is 1. The summed E-state index contributed by atoms with van der Waals surface area (Å²) in [6, 6.07) is 3.57. The largest absolute Gasteiger partial charge is 0.339 e. The number of piperidine rings is 1. The van der Waals surface area contributed by atoms with E-state index >= 15 is 0 Å². The fraction of sp³-hybridized carbons (Fsp3) is 0.611. The first-order chi connectivity index (χ1) is 11.6. The van der Waals surface area contributed by atoms with Gasteiger partial charge in [-0.15, -0.1) is 24.8 Å². The Labute approximate surface area is 166 Å². The van der Waals surface area contributed by atoms with Crippen LogP contribution < -0.4 is 5.32 Å². The van der Waals surface area contributed by atoms with E-state index < -0.39 is 11.6 Å². The molecule has 1 aromatic rings. The van der Waals surface area contributed by atoms with Crippen molar-refractivity contribution in [2.24, 2.45) is 0 Å². The van der Waals surface area contributed by atoms with Crippen LogP contribution in [-0.4, -0.2) is 54.5 Å². The Morgan fingerprint density at radius 1 is 1.15 bits per heavy atom. The molecular formula is C18H27Cl2F2N3O. The maximum atomic E-state index is 14.0. The van der Waals surface area contributed by atoms with Crippen LogP contribution in [0.2, 0.25) is 0 Å². The third kappa shape index (κ3) is 5.28. The fourth-order valence-corrected chi connectivity index (χ4v) is 3.65. The summed E-state index contributed by atoms with van der Waals surface area (Å²) in [7, 11) is 0. The van der Waals surface area contributed by atoms with E-state index in [1.54, 1.807) is 0 Å². The average molecular weight is 410 g/mol. The van der Waals surface area contributed by atoms with Gasteiger partial charge in [0.1, 0.15) is 11.6 Å². The van der Waals surface area contributed by atoms with Crippen molar-refractivity contribution >= 4 is 30.7 Å². The second kappa shape index (κ2) is 10.4. The Morgan fingerprint density at radius 3 is 2.42 bits per heavy atom. The zero-order valence-electron chi connectivity index (χ0n) is 14.9. The van der Waals surface area contributed by atoms with Gasteiger partial charge in [-0.25, -0.2) is 8.78 Å². The van der Waals surface area contributed by atoms with Gasteiger partial charge in [-0.05, 0) is 32.4 Å². The molecule has 1 unspecified atom stereocenters. The lowest BCUT2D eigenvalue weighted by Crippen LogP contribution is -2.55. The molecule has 0 bridgehead atoms. The van der Waals surface area contributed by atoms with Crippen LogP contribution >= 0.6 is 24.8 Å². The standard InChI is InChI=1S/C18H25F2N3O.2ClH/c1-13(15-6-5-14(19)12-16(15)20)22-8-10-23(11-9-22)18(24)17-4-2-3-7-21-17;;/h5-6,12-13,17,21H,2-4,7-11H2,1H3;2*1H/t13?,17-;;/m1../s1. The van der Waals surface area contributed by atoms with Gasteiger partial charge >= 0.3 is 0 Å². The number of benzene rings is 1. The molecular weight excluding hydrogens is 383 g/mol. The molecule has 1 aromatic carbocycles. The predicted octanol–water partition coefficient (Wildman–Crippen LogP) is 3.16. The molecule has 148 valence electrons. The van der Waals surface area contributed by atoms with Crippen LogP contribution in [0.25, 0.3) is 0 Å². The first-order valence-corrected chi connectivity index (χ1v) is 8.77. The van der Waals surface area contributed by atoms with E-state index in [9.17, 15) is 13.6 Å². The molecule has 2 aliphatic heterocycles. The van der Waals surface area contributed by atoms with Gasteiger partial charge in [0.05, 0.1) is 6.04 Å². The number of hydrogen-bond acceptors (Lipinski definition) is 3. The molecule has 1 N–H and O–H groups in total. The summed E-state index contributed by atoms with van der Waals surface area (Å²) in [6.07, 6.45) is 3.15. The zero-order chi connectivity index (χ0) is 17.1. The lowest BCUT2D eigenvalue weighted by Gasteiger charge is -2.40. The number of hydrogen-bond donors (Lipinski definition) is 1. The van der Waals surface area contributed by atoms with Crippen molar-refractivity contribution in [1.29, 1.82) is 0 Å². The zero-order valence-corrected chi connectivity index (χ0v) is 16.6. The van der Waals surface area contributed by atoms with E-state index in [0.29, 0.717) is 31.7 Å². The Balaban J connectivity index is 0.00000169. The van der Waals surface area contributed by atoms with Crippen molar-refractivity contribution in [1.82, 2.24) is 15.1 Å². The summed E-state index contributed by atoms with van der Waals surface area (Å²) in [6.45, 7) is 5.56. The van der Waals surface area contributed by atoms with Gasteiger partial charge in [0.15, 0.2) is 0 Å². The topological polar surface area (TPSA) is 35.6 Å². The molecule has 3 rings (SSSR count). The minimum Gasteiger partial charge on any atom is -0.339 e. The molecule has 0 saturated carbocycles. The van der Waals surface area contributed by atoms with Crippen LogP contribution in [0.3, 0.4) is 0 Å². The molecule has 2 fully saturated rings. The quantitative estimate of drug-likeness (QED) is 0.832. The fourth-order valence-electron chi connectivity index (χ4n) is 3.65. The molecule has 2 saturated heterocycles. The number of piperazine rings is 1. The third-order valence-corrected chi connectivity index (χ3v) is 5.19. The number of rotatable bonds is 3. The van der Waals surface area contributed by atoms with Gasteiger partial charge in [0.25, 0.3) is 0 Å². The third-order valence-electron chi connectivity index (χ3n) is 5.19. The number of carbonyl (C=O) groups is 1. The normalized spacial score (nSPS) is 22.1. The van der Waals surface area contributed by atoms with Crippen molar-refractivity contribution < 1.29 is 13.6 Å². The second-order valence-electron chi connectivity index (χ2n) is 6.71. The average Bonchev–Trinajstić information content (AvgIpc) is 2.61. The summed E-state index contributed by atoms with van der Waals surface area (Å²) < 4.78 is 27.0. The van der Waals surface area contributed by atoms with Gasteiger partial charge < -0.3 is 10.2 Å². The van der Waals surface area contributed by atoms with E-state index in [4.69, 9.17) is 0 Å². The van der Waals surface area contributed by atoms with Gasteiger partial charge in [-0.2, -0.15) is 0 Å². The van der Waals surface area contributed by atoms with Crippen molar-refractivity contribution in [3.8, 4) is 0 Å². The molecule has 0 radical (unpaired) electrons. The maximum absolute atomic E-state index is 14.0. The highest BCUT2D eigenvalue weighted by atomic mass is 35.5. The monoisotopic (exact) mass is 409 g/mol. The highest BCUT2D eigenvalue weighted by Gasteiger charge is 2.30. The number of nitrogens with one attached hydrogen (secondary N) is 1. The van der Waals surface area contributed by atoms with E-state index in [1.807, 2.05) is 11.8 Å². The van der Waals surface area contributed by atoms with Crippen LogP contribution in [0.4, 0.5) is 8.78 Å². The molecule has 0 aliphatic carbocycles. The van der Waals surface area contributed by atoms with Crippen LogP contribution in [0.15, 0.2) is 18.2 Å². The smallest absolute Gasteiger partial charge is 0.239 e. The van der Waals surface area contributed by atoms with Crippen LogP contribution in [0, 0.1) is 11.6 Å². The van der Waals surface area contributed by atoms with Gasteiger partial charge in [0, 0.05) is 43.9 Å². The summed E-state index contributed by atoms with van der Waals surface area (Å²) in [5.74, 6) is -0.874. The molecule has 4 nitrogen and oxygen atoms in total. The lowest BCUT2D eigenvalue weighted by molar-refractivity contribution is -0.136. The van der Waals surface area contributed by atoms with Crippen molar-refractivity contribution in [2.75, 3.05) is 32.7 Å². The Kier molecular flexibility index (Phi) is 9.24. The molecule has 0 spiro atoms. The van der Waals surface area contributed by atoms with Crippen LogP contribution in [0.5, 0.6) is 0 Å². The van der Waals surface area contributed by atoms with Gasteiger partial charge in [-0.3, -0.25) is 9.69 Å². The predicted molar refractivity (Wildman–Crippen MR) is 103 cm³/mol. The maximum Gasteiger partial charge on any atom is 0.239 e. The first kappa shape index (κ1) is 23.1. The molecule has 0 aromatic heterocycles. The lowest BCUT2D eigenvalue weighted by atomic mass is 10.0. The van der Waals surface area contributed by atoms with Crippen LogP contribution in [0.1, 0.15) is 37.8 Å². The highest BCUT2D eigenvalue weighted by Crippen LogP contribution is 2.25. The van der Waals surface area contributed by atoms with E-state index in [2.05, 4.69) is 10.2 Å². The van der Waals surface area contributed by atoms with E-state index in [-0.39, 0.29) is 42.8 Å². The highest BCUT2D eigenvalue weighted by molar-refractivity contribution is 5.85. The van der Waals surface area contributed by atoms with Crippen molar-refractivity contribution in [2.45, 2.75) is 38.3 Å². The first-order valence-electron chi connectivity index (χ1n) is 8.77. The van der Waals surface area contributed by atoms with E-state index in [0.717, 1.165) is 31.9 Å². The summed E-state index contributed by atoms with van der Waals surface area (Å²) in [4.78, 5) is 16.6. The second-order valence-corrected chi connectivity index (χ2v) is 6.71. The van der Waals surface area contributed by atoms with Gasteiger partial charge in [0.2, 0.25) is 5.91 Å². The Morgan fingerprint density at radius 2 is 1.85 bits per heavy atom. The van der Waals surface area contributed by atoms with Crippen molar-refractivity contribution in [3.05, 3.63) is 35.4 Å². The minimum atomic E-state index is -0.557. The molecule has 2 heterocycles. The minimum absolute atomic E-state index is 0. The summed E-state index contributed by atoms with van der Waals surface area (Å²) in [5, 5.41) is 3.30. The molecule has 26 heavy (non-hydrogen) atoms. The Hall–Kier alpha value is -0.950. The Bertz CT molecular complexity index is 592. The number of nitrogens with zero attached hydrogens (tertiary/aromatic N) is 2. The van der Waals surface area contributed by atoms with Crippen LogP contribution in [-0.2, 0) is 4.79 Å². The summed E-state index contributed by atoms with van der Waals surface area (Å²) >= 11 is 0.